The Morgan fingerprint density at radius 1 is 1.53 bits per heavy atom. The molecule has 2 unspecified atom stereocenters. The van der Waals surface area contributed by atoms with E-state index >= 15 is 0 Å². The summed E-state index contributed by atoms with van der Waals surface area (Å²) < 4.78 is 0. The minimum Gasteiger partial charge on any atom is -0.391 e. The molecular formula is C13H26N2O2. The molecule has 0 aromatic rings. The van der Waals surface area contributed by atoms with Crippen molar-refractivity contribution in [1.29, 1.82) is 0 Å². The molecule has 1 heterocycles. The number of hydrogen-bond donors (Lipinski definition) is 3. The largest absolute Gasteiger partial charge is 0.391 e. The van der Waals surface area contributed by atoms with E-state index in [1.54, 1.807) is 0 Å². The minimum absolute atomic E-state index is 0.0524. The van der Waals surface area contributed by atoms with Gasteiger partial charge in [0.1, 0.15) is 0 Å². The van der Waals surface area contributed by atoms with Crippen molar-refractivity contribution in [1.82, 2.24) is 10.6 Å². The number of carbonyl (C=O) groups excluding carboxylic acids is 1. The highest BCUT2D eigenvalue weighted by molar-refractivity contribution is 5.86. The second kappa shape index (κ2) is 6.36. The molecule has 4 nitrogen and oxygen atoms in total. The van der Waals surface area contributed by atoms with Gasteiger partial charge in [-0.2, -0.15) is 0 Å². The molecule has 1 rings (SSSR count). The Kier molecular flexibility index (Phi) is 5.40. The van der Waals surface area contributed by atoms with Crippen LogP contribution in [0.2, 0.25) is 0 Å². The Bertz CT molecular complexity index is 248. The van der Waals surface area contributed by atoms with Crippen LogP contribution in [0.3, 0.4) is 0 Å². The third kappa shape index (κ3) is 3.68. The first-order chi connectivity index (χ1) is 8.02. The molecule has 1 fully saturated rings. The second-order valence-electron chi connectivity index (χ2n) is 5.38. The van der Waals surface area contributed by atoms with Gasteiger partial charge in [-0.15, -0.1) is 0 Å². The van der Waals surface area contributed by atoms with Crippen LogP contribution < -0.4 is 10.6 Å². The molecule has 0 aromatic carbocycles. The molecule has 0 saturated carbocycles. The van der Waals surface area contributed by atoms with Crippen LogP contribution in [-0.4, -0.2) is 35.7 Å². The van der Waals surface area contributed by atoms with Crippen LogP contribution in [0.15, 0.2) is 0 Å². The molecule has 0 aliphatic carbocycles. The fourth-order valence-electron chi connectivity index (χ4n) is 2.36. The average Bonchev–Trinajstić information content (AvgIpc) is 2.75. The van der Waals surface area contributed by atoms with Gasteiger partial charge in [-0.05, 0) is 31.7 Å². The topological polar surface area (TPSA) is 61.4 Å². The van der Waals surface area contributed by atoms with Crippen molar-refractivity contribution in [3.05, 3.63) is 0 Å². The van der Waals surface area contributed by atoms with E-state index in [9.17, 15) is 9.90 Å². The molecule has 17 heavy (non-hydrogen) atoms. The Morgan fingerprint density at radius 2 is 2.24 bits per heavy atom. The number of amides is 1. The van der Waals surface area contributed by atoms with E-state index in [2.05, 4.69) is 17.6 Å². The zero-order valence-corrected chi connectivity index (χ0v) is 11.3. The number of rotatable bonds is 6. The molecule has 2 atom stereocenters. The van der Waals surface area contributed by atoms with Gasteiger partial charge in [0.05, 0.1) is 11.6 Å². The molecule has 100 valence electrons. The molecular weight excluding hydrogens is 216 g/mol. The Balaban J connectivity index is 2.49. The number of aliphatic hydroxyl groups excluding tert-OH is 1. The van der Waals surface area contributed by atoms with Gasteiger partial charge in [0.2, 0.25) is 5.91 Å². The normalized spacial score (nSPS) is 26.2. The van der Waals surface area contributed by atoms with Gasteiger partial charge in [-0.3, -0.25) is 4.79 Å². The molecule has 3 N–H and O–H groups in total. The van der Waals surface area contributed by atoms with E-state index < -0.39 is 6.10 Å². The number of aliphatic hydroxyl groups is 1. The SMILES string of the molecule is CCCC1(C(=O)NCC(O)C(C)C)CCCN1. The fraction of sp³-hybridized carbons (Fsp3) is 0.923. The van der Waals surface area contributed by atoms with Gasteiger partial charge >= 0.3 is 0 Å². The monoisotopic (exact) mass is 242 g/mol. The van der Waals surface area contributed by atoms with E-state index in [4.69, 9.17) is 0 Å². The maximum Gasteiger partial charge on any atom is 0.240 e. The lowest BCUT2D eigenvalue weighted by atomic mass is 9.90. The molecule has 1 amide bonds. The van der Waals surface area contributed by atoms with Crippen LogP contribution in [0, 0.1) is 5.92 Å². The summed E-state index contributed by atoms with van der Waals surface area (Å²) in [6, 6.07) is 0. The maximum absolute atomic E-state index is 12.2. The van der Waals surface area contributed by atoms with Crippen molar-refractivity contribution in [2.75, 3.05) is 13.1 Å². The molecule has 0 aromatic heterocycles. The smallest absolute Gasteiger partial charge is 0.240 e. The highest BCUT2D eigenvalue weighted by Crippen LogP contribution is 2.24. The van der Waals surface area contributed by atoms with Crippen molar-refractivity contribution >= 4 is 5.91 Å². The predicted molar refractivity (Wildman–Crippen MR) is 68.7 cm³/mol. The lowest BCUT2D eigenvalue weighted by Crippen LogP contribution is -2.54. The highest BCUT2D eigenvalue weighted by Gasteiger charge is 2.39. The van der Waals surface area contributed by atoms with Gasteiger partial charge in [-0.25, -0.2) is 0 Å². The van der Waals surface area contributed by atoms with Gasteiger partial charge in [0.15, 0.2) is 0 Å². The second-order valence-corrected chi connectivity index (χ2v) is 5.38. The van der Waals surface area contributed by atoms with Crippen molar-refractivity contribution < 1.29 is 9.90 Å². The summed E-state index contributed by atoms with van der Waals surface area (Å²) in [4.78, 5) is 12.2. The lowest BCUT2D eigenvalue weighted by molar-refractivity contribution is -0.128. The molecule has 1 aliphatic heterocycles. The molecule has 0 spiro atoms. The standard InChI is InChI=1S/C13H26N2O2/c1-4-6-13(7-5-8-15-13)12(17)14-9-11(16)10(2)3/h10-11,15-16H,4-9H2,1-3H3,(H,14,17). The first-order valence-electron chi connectivity index (χ1n) is 6.73. The van der Waals surface area contributed by atoms with Crippen LogP contribution in [0.1, 0.15) is 46.5 Å². The molecule has 0 radical (unpaired) electrons. The first-order valence-corrected chi connectivity index (χ1v) is 6.73. The highest BCUT2D eigenvalue weighted by atomic mass is 16.3. The van der Waals surface area contributed by atoms with Crippen LogP contribution in [-0.2, 0) is 4.79 Å². The van der Waals surface area contributed by atoms with Gasteiger partial charge < -0.3 is 15.7 Å². The quantitative estimate of drug-likeness (QED) is 0.652. The van der Waals surface area contributed by atoms with E-state index in [0.29, 0.717) is 6.54 Å². The summed E-state index contributed by atoms with van der Waals surface area (Å²) in [7, 11) is 0. The average molecular weight is 242 g/mol. The van der Waals surface area contributed by atoms with Crippen molar-refractivity contribution in [2.24, 2.45) is 5.92 Å². The third-order valence-corrected chi connectivity index (χ3v) is 3.60. The summed E-state index contributed by atoms with van der Waals surface area (Å²) in [6.07, 6.45) is 3.37. The van der Waals surface area contributed by atoms with E-state index in [1.807, 2.05) is 13.8 Å². The Labute approximate surface area is 104 Å². The van der Waals surface area contributed by atoms with Gasteiger partial charge in [-0.1, -0.05) is 27.2 Å². The lowest BCUT2D eigenvalue weighted by Gasteiger charge is -2.28. The van der Waals surface area contributed by atoms with E-state index in [1.165, 1.54) is 0 Å². The number of carbonyl (C=O) groups is 1. The Morgan fingerprint density at radius 3 is 2.71 bits per heavy atom. The Hall–Kier alpha value is -0.610. The molecule has 1 aliphatic rings. The van der Waals surface area contributed by atoms with Crippen molar-refractivity contribution in [3.8, 4) is 0 Å². The summed E-state index contributed by atoms with van der Waals surface area (Å²) in [5, 5.41) is 15.9. The van der Waals surface area contributed by atoms with E-state index in [-0.39, 0.29) is 17.4 Å². The van der Waals surface area contributed by atoms with Crippen molar-refractivity contribution in [3.63, 3.8) is 0 Å². The summed E-state index contributed by atoms with van der Waals surface area (Å²) in [6.45, 7) is 7.26. The van der Waals surface area contributed by atoms with E-state index in [0.717, 1.165) is 32.2 Å². The zero-order valence-electron chi connectivity index (χ0n) is 11.3. The number of nitrogens with one attached hydrogen (secondary N) is 2. The summed E-state index contributed by atoms with van der Waals surface area (Å²) >= 11 is 0. The first kappa shape index (κ1) is 14.5. The third-order valence-electron chi connectivity index (χ3n) is 3.60. The fourth-order valence-corrected chi connectivity index (χ4v) is 2.36. The minimum atomic E-state index is -0.459. The van der Waals surface area contributed by atoms with Gasteiger partial charge in [0, 0.05) is 6.54 Å². The zero-order chi connectivity index (χ0) is 12.9. The predicted octanol–water partition coefficient (Wildman–Crippen LogP) is 1.04. The van der Waals surface area contributed by atoms with Gasteiger partial charge in [0.25, 0.3) is 0 Å². The number of hydrogen-bond acceptors (Lipinski definition) is 3. The van der Waals surface area contributed by atoms with Crippen LogP contribution in [0.25, 0.3) is 0 Å². The summed E-state index contributed by atoms with van der Waals surface area (Å²) in [5.74, 6) is 0.227. The van der Waals surface area contributed by atoms with Crippen LogP contribution in [0.4, 0.5) is 0 Å². The molecule has 1 saturated heterocycles. The summed E-state index contributed by atoms with van der Waals surface area (Å²) in [5.41, 5.74) is -0.383. The van der Waals surface area contributed by atoms with Crippen LogP contribution >= 0.6 is 0 Å². The molecule has 0 bridgehead atoms. The van der Waals surface area contributed by atoms with Crippen molar-refractivity contribution in [2.45, 2.75) is 58.1 Å². The maximum atomic E-state index is 12.2. The van der Waals surface area contributed by atoms with Crippen LogP contribution in [0.5, 0.6) is 0 Å². The molecule has 4 heteroatoms.